The Kier molecular flexibility index (Phi) is 6.38. The number of alkyl halides is 3. The van der Waals surface area contributed by atoms with E-state index in [0.29, 0.717) is 32.2 Å². The van der Waals surface area contributed by atoms with E-state index in [1.807, 2.05) is 17.0 Å². The van der Waals surface area contributed by atoms with E-state index in [4.69, 9.17) is 0 Å². The van der Waals surface area contributed by atoms with E-state index in [-0.39, 0.29) is 5.56 Å². The molecule has 2 saturated heterocycles. The minimum atomic E-state index is -4.86. The van der Waals surface area contributed by atoms with Crippen molar-refractivity contribution >= 4 is 17.5 Å². The molecule has 3 heterocycles. The number of amides is 1. The Morgan fingerprint density at radius 3 is 2.31 bits per heavy atom. The molecule has 1 aromatic heterocycles. The van der Waals surface area contributed by atoms with Crippen LogP contribution >= 0.6 is 0 Å². The van der Waals surface area contributed by atoms with Gasteiger partial charge in [-0.25, -0.2) is 0 Å². The Morgan fingerprint density at radius 2 is 1.66 bits per heavy atom. The van der Waals surface area contributed by atoms with E-state index in [0.717, 1.165) is 37.1 Å². The van der Waals surface area contributed by atoms with Crippen molar-refractivity contribution in [3.05, 3.63) is 42.0 Å². The summed E-state index contributed by atoms with van der Waals surface area (Å²) in [6.45, 7) is 4.94. The molecular formula is C22H26F3N5O2. The normalized spacial score (nSPS) is 19.8. The molecule has 2 aliphatic heterocycles. The molecule has 1 aromatic carbocycles. The first kappa shape index (κ1) is 22.2. The summed E-state index contributed by atoms with van der Waals surface area (Å²) in [7, 11) is 0. The molecule has 1 amide bonds. The number of carbonyl (C=O) groups is 1. The number of aromatic nitrogens is 2. The fraction of sp³-hybridized carbons (Fsp3) is 0.500. The predicted molar refractivity (Wildman–Crippen MR) is 114 cm³/mol. The molecule has 0 saturated carbocycles. The Balaban J connectivity index is 1.38. The van der Waals surface area contributed by atoms with E-state index in [1.165, 1.54) is 29.5 Å². The summed E-state index contributed by atoms with van der Waals surface area (Å²) in [4.78, 5) is 18.7. The first-order valence-electron chi connectivity index (χ1n) is 10.8. The van der Waals surface area contributed by atoms with Gasteiger partial charge in [-0.1, -0.05) is 12.1 Å². The standard InChI is InChI=1S/C22H26F3N5O2/c1-16-6-4-5-11-30(16)20-10-9-19(26-27-20)28-12-14-29(15-13-28)21(31)17-7-2-3-8-18(17)32-22(23,24)25/h2-3,7-10,16H,4-6,11-15H2,1H3. The van der Waals surface area contributed by atoms with Gasteiger partial charge in [0.25, 0.3) is 5.91 Å². The molecule has 32 heavy (non-hydrogen) atoms. The lowest BCUT2D eigenvalue weighted by atomic mass is 10.0. The zero-order chi connectivity index (χ0) is 22.7. The van der Waals surface area contributed by atoms with E-state index in [2.05, 4.69) is 26.8 Å². The number of anilines is 2. The lowest BCUT2D eigenvalue weighted by Gasteiger charge is -2.36. The van der Waals surface area contributed by atoms with E-state index in [9.17, 15) is 18.0 Å². The van der Waals surface area contributed by atoms with Crippen LogP contribution in [0.25, 0.3) is 0 Å². The van der Waals surface area contributed by atoms with Crippen molar-refractivity contribution in [1.29, 1.82) is 0 Å². The Bertz CT molecular complexity index is 930. The van der Waals surface area contributed by atoms with Crippen LogP contribution in [0.2, 0.25) is 0 Å². The number of halogens is 3. The lowest BCUT2D eigenvalue weighted by Crippen LogP contribution is -2.49. The third-order valence-corrected chi connectivity index (χ3v) is 5.97. The van der Waals surface area contributed by atoms with Crippen LogP contribution in [-0.4, -0.2) is 66.1 Å². The monoisotopic (exact) mass is 449 g/mol. The van der Waals surface area contributed by atoms with Gasteiger partial charge in [-0.05, 0) is 50.5 Å². The average Bonchev–Trinajstić information content (AvgIpc) is 2.79. The minimum absolute atomic E-state index is 0.0990. The zero-order valence-electron chi connectivity index (χ0n) is 17.9. The van der Waals surface area contributed by atoms with E-state index >= 15 is 0 Å². The summed E-state index contributed by atoms with van der Waals surface area (Å²) in [6.07, 6.45) is -1.32. The highest BCUT2D eigenvalue weighted by atomic mass is 19.4. The topological polar surface area (TPSA) is 61.8 Å². The number of ether oxygens (including phenoxy) is 1. The number of nitrogens with zero attached hydrogens (tertiary/aromatic N) is 5. The number of piperazine rings is 1. The van der Waals surface area contributed by atoms with Gasteiger partial charge in [-0.15, -0.1) is 23.4 Å². The van der Waals surface area contributed by atoms with E-state index < -0.39 is 18.0 Å². The van der Waals surface area contributed by atoms with Crippen molar-refractivity contribution in [3.8, 4) is 5.75 Å². The molecule has 0 aliphatic carbocycles. The number of benzene rings is 1. The fourth-order valence-electron chi connectivity index (χ4n) is 4.24. The van der Waals surface area contributed by atoms with E-state index in [1.54, 1.807) is 0 Å². The fourth-order valence-corrected chi connectivity index (χ4v) is 4.24. The van der Waals surface area contributed by atoms with Gasteiger partial charge in [0.1, 0.15) is 5.75 Å². The van der Waals surface area contributed by atoms with Crippen LogP contribution in [0.1, 0.15) is 36.5 Å². The molecule has 0 bridgehead atoms. The second-order valence-electron chi connectivity index (χ2n) is 8.11. The summed E-state index contributed by atoms with van der Waals surface area (Å²) < 4.78 is 42.0. The summed E-state index contributed by atoms with van der Waals surface area (Å²) in [6, 6.07) is 9.79. The highest BCUT2D eigenvalue weighted by molar-refractivity contribution is 5.97. The molecule has 10 heteroatoms. The first-order chi connectivity index (χ1) is 15.3. The Labute approximate surface area is 184 Å². The third-order valence-electron chi connectivity index (χ3n) is 5.97. The van der Waals surface area contributed by atoms with Gasteiger partial charge in [-0.2, -0.15) is 0 Å². The molecule has 0 spiro atoms. The number of carbonyl (C=O) groups excluding carboxylic acids is 1. The average molecular weight is 449 g/mol. The number of hydrogen-bond acceptors (Lipinski definition) is 6. The molecular weight excluding hydrogens is 423 g/mol. The molecule has 1 atom stereocenters. The molecule has 0 N–H and O–H groups in total. The van der Waals surface area contributed by atoms with Crippen molar-refractivity contribution in [2.24, 2.45) is 0 Å². The Morgan fingerprint density at radius 1 is 0.969 bits per heavy atom. The summed E-state index contributed by atoms with van der Waals surface area (Å²) in [5.41, 5.74) is -0.0990. The van der Waals surface area contributed by atoms with Crippen LogP contribution in [0.3, 0.4) is 0 Å². The smallest absolute Gasteiger partial charge is 0.405 e. The predicted octanol–water partition coefficient (Wildman–Crippen LogP) is 3.72. The SMILES string of the molecule is CC1CCCCN1c1ccc(N2CCN(C(=O)c3ccccc3OC(F)(F)F)CC2)nn1. The summed E-state index contributed by atoms with van der Waals surface area (Å²) in [5.74, 6) is 0.633. The van der Waals surface area contributed by atoms with Crippen LogP contribution in [0.5, 0.6) is 5.75 Å². The molecule has 2 aliphatic rings. The highest BCUT2D eigenvalue weighted by Crippen LogP contribution is 2.28. The number of rotatable bonds is 4. The van der Waals surface area contributed by atoms with Crippen LogP contribution in [0, 0.1) is 0 Å². The van der Waals surface area contributed by atoms with Gasteiger partial charge in [-0.3, -0.25) is 4.79 Å². The van der Waals surface area contributed by atoms with Crippen LogP contribution in [-0.2, 0) is 0 Å². The van der Waals surface area contributed by atoms with Gasteiger partial charge in [0, 0.05) is 38.8 Å². The van der Waals surface area contributed by atoms with Gasteiger partial charge in [0.15, 0.2) is 11.6 Å². The van der Waals surface area contributed by atoms with Gasteiger partial charge >= 0.3 is 6.36 Å². The quantitative estimate of drug-likeness (QED) is 0.709. The molecule has 172 valence electrons. The van der Waals surface area contributed by atoms with Crippen LogP contribution in [0.15, 0.2) is 36.4 Å². The van der Waals surface area contributed by atoms with Crippen LogP contribution in [0.4, 0.5) is 24.8 Å². The van der Waals surface area contributed by atoms with Crippen molar-refractivity contribution in [1.82, 2.24) is 15.1 Å². The molecule has 2 fully saturated rings. The molecule has 1 unspecified atom stereocenters. The molecule has 4 rings (SSSR count). The van der Waals surface area contributed by atoms with Crippen LogP contribution < -0.4 is 14.5 Å². The minimum Gasteiger partial charge on any atom is -0.405 e. The zero-order valence-corrected chi connectivity index (χ0v) is 17.9. The molecule has 2 aromatic rings. The maximum Gasteiger partial charge on any atom is 0.573 e. The summed E-state index contributed by atoms with van der Waals surface area (Å²) >= 11 is 0. The number of piperidine rings is 1. The third kappa shape index (κ3) is 5.05. The number of para-hydroxylation sites is 1. The van der Waals surface area contributed by atoms with Crippen molar-refractivity contribution in [2.75, 3.05) is 42.5 Å². The van der Waals surface area contributed by atoms with Crippen molar-refractivity contribution in [3.63, 3.8) is 0 Å². The van der Waals surface area contributed by atoms with Crippen molar-refractivity contribution < 1.29 is 22.7 Å². The van der Waals surface area contributed by atoms with Gasteiger partial charge < -0.3 is 19.4 Å². The second-order valence-corrected chi connectivity index (χ2v) is 8.11. The first-order valence-corrected chi connectivity index (χ1v) is 10.8. The maximum absolute atomic E-state index is 12.8. The summed E-state index contributed by atoms with van der Waals surface area (Å²) in [5, 5.41) is 8.79. The number of hydrogen-bond donors (Lipinski definition) is 0. The lowest BCUT2D eigenvalue weighted by molar-refractivity contribution is -0.274. The van der Waals surface area contributed by atoms with Gasteiger partial charge in [0.05, 0.1) is 5.56 Å². The molecule has 7 nitrogen and oxygen atoms in total. The highest BCUT2D eigenvalue weighted by Gasteiger charge is 2.34. The Hall–Kier alpha value is -3.04. The molecule has 0 radical (unpaired) electrons. The largest absolute Gasteiger partial charge is 0.573 e. The second kappa shape index (κ2) is 9.22. The van der Waals surface area contributed by atoms with Gasteiger partial charge in [0.2, 0.25) is 0 Å². The maximum atomic E-state index is 12.8. The van der Waals surface area contributed by atoms with Crippen molar-refractivity contribution in [2.45, 2.75) is 38.6 Å².